The zero-order chi connectivity index (χ0) is 13.3. The summed E-state index contributed by atoms with van der Waals surface area (Å²) in [6.07, 6.45) is 0. The molecule has 2 heterocycles. The van der Waals surface area contributed by atoms with Crippen LogP contribution in [0.5, 0.6) is 0 Å². The van der Waals surface area contributed by atoms with Gasteiger partial charge >= 0.3 is 0 Å². The molecule has 96 valence electrons. The molecule has 4 nitrogen and oxygen atoms in total. The van der Waals surface area contributed by atoms with E-state index < -0.39 is 0 Å². The van der Waals surface area contributed by atoms with Crippen LogP contribution in [0, 0.1) is 10.5 Å². The molecule has 2 rings (SSSR count). The molecule has 0 unspecified atom stereocenters. The topological polar surface area (TPSA) is 50.7 Å². The third-order valence-corrected chi connectivity index (χ3v) is 4.49. The number of nitrogens with one attached hydrogen (secondary N) is 1. The molecular weight excluding hydrogens is 359 g/mol. The van der Waals surface area contributed by atoms with Gasteiger partial charge in [0.05, 0.1) is 9.26 Å². The van der Waals surface area contributed by atoms with Crippen molar-refractivity contribution in [1.82, 2.24) is 15.0 Å². The molecule has 1 N–H and O–H groups in total. The first-order valence-corrected chi connectivity index (χ1v) is 7.66. The first kappa shape index (κ1) is 13.7. The largest absolute Gasteiger partial charge is 0.372 e. The minimum Gasteiger partial charge on any atom is -0.372 e. The summed E-state index contributed by atoms with van der Waals surface area (Å²) in [7, 11) is 1.88. The Morgan fingerprint density at radius 2 is 2.00 bits per heavy atom. The van der Waals surface area contributed by atoms with Crippen molar-refractivity contribution in [3.63, 3.8) is 0 Å². The zero-order valence-electron chi connectivity index (χ0n) is 10.8. The summed E-state index contributed by atoms with van der Waals surface area (Å²) in [6.45, 7) is 6.26. The highest BCUT2D eigenvalue weighted by molar-refractivity contribution is 14.1. The molecule has 0 aliphatic carbocycles. The zero-order valence-corrected chi connectivity index (χ0v) is 13.8. The Labute approximate surface area is 124 Å². The molecule has 0 amide bonds. The number of anilines is 1. The highest BCUT2D eigenvalue weighted by Crippen LogP contribution is 2.29. The van der Waals surface area contributed by atoms with E-state index >= 15 is 0 Å². The van der Waals surface area contributed by atoms with Crippen molar-refractivity contribution in [3.05, 3.63) is 20.3 Å². The fourth-order valence-corrected chi connectivity index (χ4v) is 3.43. The first-order chi connectivity index (χ1) is 8.52. The molecule has 6 heteroatoms. The van der Waals surface area contributed by atoms with E-state index in [1.165, 1.54) is 0 Å². The third-order valence-electron chi connectivity index (χ3n) is 2.47. The van der Waals surface area contributed by atoms with Crippen LogP contribution in [-0.2, 0) is 0 Å². The van der Waals surface area contributed by atoms with Gasteiger partial charge in [-0.05, 0) is 35.4 Å². The van der Waals surface area contributed by atoms with Gasteiger partial charge in [0.15, 0.2) is 10.8 Å². The number of hydrogen-bond acceptors (Lipinski definition) is 5. The van der Waals surface area contributed by atoms with Crippen molar-refractivity contribution in [2.24, 2.45) is 0 Å². The lowest BCUT2D eigenvalue weighted by molar-refractivity contribution is 0.809. The van der Waals surface area contributed by atoms with E-state index in [1.54, 1.807) is 11.3 Å². The van der Waals surface area contributed by atoms with Crippen LogP contribution in [0.1, 0.15) is 31.2 Å². The Kier molecular flexibility index (Phi) is 4.16. The van der Waals surface area contributed by atoms with E-state index in [-0.39, 0.29) is 0 Å². The van der Waals surface area contributed by atoms with Gasteiger partial charge in [-0.3, -0.25) is 0 Å². The maximum absolute atomic E-state index is 4.65. The van der Waals surface area contributed by atoms with Crippen molar-refractivity contribution >= 4 is 39.7 Å². The SMILES string of the molecule is CNc1nc(-c2nc(C)cs2)nc(C(C)C)c1I. The van der Waals surface area contributed by atoms with E-state index in [0.717, 1.165) is 25.8 Å². The van der Waals surface area contributed by atoms with Crippen LogP contribution in [0.2, 0.25) is 0 Å². The summed E-state index contributed by atoms with van der Waals surface area (Å²) in [6, 6.07) is 0. The smallest absolute Gasteiger partial charge is 0.191 e. The normalized spacial score (nSPS) is 11.0. The molecule has 0 atom stereocenters. The summed E-state index contributed by atoms with van der Waals surface area (Å²) in [5, 5.41) is 6.02. The Morgan fingerprint density at radius 3 is 2.50 bits per heavy atom. The van der Waals surface area contributed by atoms with E-state index in [0.29, 0.717) is 11.7 Å². The molecule has 0 saturated carbocycles. The van der Waals surface area contributed by atoms with Crippen LogP contribution in [0.15, 0.2) is 5.38 Å². The molecule has 0 aromatic carbocycles. The standard InChI is InChI=1S/C12H15IN4S/c1-6(2)9-8(13)10(14-4)17-11(16-9)12-15-7(3)5-18-12/h5-6H,1-4H3,(H,14,16,17). The minimum absolute atomic E-state index is 0.367. The summed E-state index contributed by atoms with van der Waals surface area (Å²) in [4.78, 5) is 13.6. The maximum Gasteiger partial charge on any atom is 0.191 e. The van der Waals surface area contributed by atoms with Crippen molar-refractivity contribution < 1.29 is 0 Å². The molecule has 0 fully saturated rings. The number of nitrogens with zero attached hydrogens (tertiary/aromatic N) is 3. The average molecular weight is 374 g/mol. The third kappa shape index (κ3) is 2.64. The lowest BCUT2D eigenvalue weighted by Crippen LogP contribution is -2.06. The Hall–Kier alpha value is -0.760. The fraction of sp³-hybridized carbons (Fsp3) is 0.417. The van der Waals surface area contributed by atoms with Gasteiger partial charge in [0.2, 0.25) is 0 Å². The number of halogens is 1. The number of thiazole rings is 1. The molecule has 0 bridgehead atoms. The average Bonchev–Trinajstić information content (AvgIpc) is 2.76. The van der Waals surface area contributed by atoms with E-state index in [9.17, 15) is 0 Å². The number of rotatable bonds is 3. The summed E-state index contributed by atoms with van der Waals surface area (Å²) in [5.41, 5.74) is 2.08. The summed E-state index contributed by atoms with van der Waals surface area (Å²) < 4.78 is 1.09. The first-order valence-electron chi connectivity index (χ1n) is 5.70. The molecule has 0 aliphatic heterocycles. The monoisotopic (exact) mass is 374 g/mol. The van der Waals surface area contributed by atoms with Gasteiger partial charge in [-0.2, -0.15) is 0 Å². The second-order valence-corrected chi connectivity index (χ2v) is 6.23. The van der Waals surface area contributed by atoms with Gasteiger partial charge in [0.1, 0.15) is 5.82 Å². The molecule has 0 spiro atoms. The van der Waals surface area contributed by atoms with E-state index in [4.69, 9.17) is 0 Å². The van der Waals surface area contributed by atoms with Crippen LogP contribution in [0.4, 0.5) is 5.82 Å². The number of aromatic nitrogens is 3. The lowest BCUT2D eigenvalue weighted by Gasteiger charge is -2.12. The van der Waals surface area contributed by atoms with Crippen molar-refractivity contribution in [2.75, 3.05) is 12.4 Å². The summed E-state index contributed by atoms with van der Waals surface area (Å²) >= 11 is 3.87. The Bertz CT molecular complexity index is 565. The molecular formula is C12H15IN4S. The van der Waals surface area contributed by atoms with Crippen molar-refractivity contribution in [1.29, 1.82) is 0 Å². The van der Waals surface area contributed by atoms with Gasteiger partial charge in [0.25, 0.3) is 0 Å². The number of hydrogen-bond donors (Lipinski definition) is 1. The van der Waals surface area contributed by atoms with Gasteiger partial charge in [0, 0.05) is 18.1 Å². The van der Waals surface area contributed by atoms with E-state index in [1.807, 2.05) is 19.4 Å². The van der Waals surface area contributed by atoms with Crippen LogP contribution in [0.25, 0.3) is 10.8 Å². The van der Waals surface area contributed by atoms with Crippen LogP contribution in [-0.4, -0.2) is 22.0 Å². The molecule has 2 aromatic heterocycles. The second-order valence-electron chi connectivity index (χ2n) is 4.29. The van der Waals surface area contributed by atoms with Crippen LogP contribution < -0.4 is 5.32 Å². The van der Waals surface area contributed by atoms with Gasteiger partial charge in [-0.15, -0.1) is 11.3 Å². The van der Waals surface area contributed by atoms with Gasteiger partial charge in [-0.1, -0.05) is 13.8 Å². The Balaban J connectivity index is 2.58. The molecule has 18 heavy (non-hydrogen) atoms. The van der Waals surface area contributed by atoms with Crippen LogP contribution >= 0.6 is 33.9 Å². The number of aryl methyl sites for hydroxylation is 1. The molecule has 2 aromatic rings. The lowest BCUT2D eigenvalue weighted by atomic mass is 10.1. The highest BCUT2D eigenvalue weighted by Gasteiger charge is 2.16. The van der Waals surface area contributed by atoms with Crippen molar-refractivity contribution in [3.8, 4) is 10.8 Å². The summed E-state index contributed by atoms with van der Waals surface area (Å²) in [5.74, 6) is 1.95. The fourth-order valence-electron chi connectivity index (χ4n) is 1.56. The predicted molar refractivity (Wildman–Crippen MR) is 84.2 cm³/mol. The molecule has 0 aliphatic rings. The van der Waals surface area contributed by atoms with E-state index in [2.05, 4.69) is 56.7 Å². The molecule has 0 saturated heterocycles. The predicted octanol–water partition coefficient (Wildman–Crippen LogP) is 3.68. The minimum atomic E-state index is 0.367. The van der Waals surface area contributed by atoms with Gasteiger partial charge < -0.3 is 5.32 Å². The maximum atomic E-state index is 4.65. The van der Waals surface area contributed by atoms with Gasteiger partial charge in [-0.25, -0.2) is 15.0 Å². The Morgan fingerprint density at radius 1 is 1.28 bits per heavy atom. The molecule has 0 radical (unpaired) electrons. The quantitative estimate of drug-likeness (QED) is 0.833. The van der Waals surface area contributed by atoms with Crippen molar-refractivity contribution in [2.45, 2.75) is 26.7 Å². The highest BCUT2D eigenvalue weighted by atomic mass is 127. The second kappa shape index (κ2) is 5.48. The van der Waals surface area contributed by atoms with Crippen LogP contribution in [0.3, 0.4) is 0 Å².